The summed E-state index contributed by atoms with van der Waals surface area (Å²) in [7, 11) is 0. The SMILES string of the molecule is CC(C)(C)NC(=O)C(C)(C)C(=O)NCc1ccc(F)cc1. The van der Waals surface area contributed by atoms with Crippen molar-refractivity contribution in [2.24, 2.45) is 5.41 Å². The van der Waals surface area contributed by atoms with Crippen LogP contribution in [0.5, 0.6) is 0 Å². The van der Waals surface area contributed by atoms with E-state index in [0.717, 1.165) is 5.56 Å². The molecular formula is C16H23FN2O2. The summed E-state index contributed by atoms with van der Waals surface area (Å²) in [4.78, 5) is 24.3. The molecule has 0 aliphatic carbocycles. The predicted molar refractivity (Wildman–Crippen MR) is 79.9 cm³/mol. The topological polar surface area (TPSA) is 58.2 Å². The highest BCUT2D eigenvalue weighted by molar-refractivity contribution is 6.04. The molecule has 0 aliphatic rings. The third-order valence-electron chi connectivity index (χ3n) is 2.99. The molecule has 116 valence electrons. The van der Waals surface area contributed by atoms with E-state index < -0.39 is 11.0 Å². The van der Waals surface area contributed by atoms with Gasteiger partial charge in [-0.1, -0.05) is 12.1 Å². The fourth-order valence-corrected chi connectivity index (χ4v) is 1.61. The van der Waals surface area contributed by atoms with Crippen LogP contribution in [0.2, 0.25) is 0 Å². The molecular weight excluding hydrogens is 271 g/mol. The van der Waals surface area contributed by atoms with Crippen LogP contribution >= 0.6 is 0 Å². The molecule has 0 bridgehead atoms. The van der Waals surface area contributed by atoms with E-state index in [9.17, 15) is 14.0 Å². The van der Waals surface area contributed by atoms with Crippen LogP contribution in [0.3, 0.4) is 0 Å². The number of amides is 2. The van der Waals surface area contributed by atoms with Gasteiger partial charge in [0, 0.05) is 12.1 Å². The van der Waals surface area contributed by atoms with Crippen molar-refractivity contribution in [3.8, 4) is 0 Å². The second kappa shape index (κ2) is 6.24. The van der Waals surface area contributed by atoms with Crippen molar-refractivity contribution in [1.29, 1.82) is 0 Å². The Balaban J connectivity index is 2.64. The minimum absolute atomic E-state index is 0.255. The molecule has 1 rings (SSSR count). The first-order valence-corrected chi connectivity index (χ1v) is 6.88. The van der Waals surface area contributed by atoms with Crippen molar-refractivity contribution in [3.63, 3.8) is 0 Å². The van der Waals surface area contributed by atoms with Crippen molar-refractivity contribution < 1.29 is 14.0 Å². The summed E-state index contributed by atoms with van der Waals surface area (Å²) in [6.07, 6.45) is 0. The zero-order valence-electron chi connectivity index (χ0n) is 13.2. The lowest BCUT2D eigenvalue weighted by Crippen LogP contribution is -2.52. The fraction of sp³-hybridized carbons (Fsp3) is 0.500. The van der Waals surface area contributed by atoms with Gasteiger partial charge in [-0.3, -0.25) is 9.59 Å². The molecule has 0 heterocycles. The average molecular weight is 294 g/mol. The van der Waals surface area contributed by atoms with Gasteiger partial charge in [0.2, 0.25) is 11.8 Å². The Labute approximate surface area is 125 Å². The number of rotatable bonds is 4. The number of benzene rings is 1. The smallest absolute Gasteiger partial charge is 0.235 e. The molecule has 1 aromatic carbocycles. The van der Waals surface area contributed by atoms with E-state index in [4.69, 9.17) is 0 Å². The van der Waals surface area contributed by atoms with Crippen molar-refractivity contribution in [3.05, 3.63) is 35.6 Å². The van der Waals surface area contributed by atoms with Crippen molar-refractivity contribution >= 4 is 11.8 Å². The lowest BCUT2D eigenvalue weighted by atomic mass is 9.89. The van der Waals surface area contributed by atoms with E-state index in [1.54, 1.807) is 26.0 Å². The summed E-state index contributed by atoms with van der Waals surface area (Å²) in [6.45, 7) is 8.99. The summed E-state index contributed by atoms with van der Waals surface area (Å²) < 4.78 is 12.8. The van der Waals surface area contributed by atoms with Crippen LogP contribution in [0.15, 0.2) is 24.3 Å². The highest BCUT2D eigenvalue weighted by Crippen LogP contribution is 2.17. The van der Waals surface area contributed by atoms with Crippen LogP contribution in [-0.4, -0.2) is 17.4 Å². The first-order valence-electron chi connectivity index (χ1n) is 6.88. The minimum Gasteiger partial charge on any atom is -0.351 e. The largest absolute Gasteiger partial charge is 0.351 e. The maximum absolute atomic E-state index is 12.8. The van der Waals surface area contributed by atoms with Crippen LogP contribution in [0, 0.1) is 11.2 Å². The highest BCUT2D eigenvalue weighted by Gasteiger charge is 2.37. The van der Waals surface area contributed by atoms with Gasteiger partial charge < -0.3 is 10.6 Å². The van der Waals surface area contributed by atoms with Gasteiger partial charge in [-0.15, -0.1) is 0 Å². The van der Waals surface area contributed by atoms with Crippen molar-refractivity contribution in [2.75, 3.05) is 0 Å². The second-order valence-corrected chi connectivity index (χ2v) is 6.64. The number of carbonyl (C=O) groups is 2. The van der Waals surface area contributed by atoms with Gasteiger partial charge in [-0.2, -0.15) is 0 Å². The van der Waals surface area contributed by atoms with Crippen LogP contribution in [0.4, 0.5) is 4.39 Å². The van der Waals surface area contributed by atoms with Gasteiger partial charge >= 0.3 is 0 Å². The molecule has 2 N–H and O–H groups in total. The maximum Gasteiger partial charge on any atom is 0.235 e. The van der Waals surface area contributed by atoms with Crippen LogP contribution < -0.4 is 10.6 Å². The van der Waals surface area contributed by atoms with Crippen molar-refractivity contribution in [1.82, 2.24) is 10.6 Å². The maximum atomic E-state index is 12.8. The van der Waals surface area contributed by atoms with E-state index in [1.165, 1.54) is 12.1 Å². The molecule has 1 aromatic rings. The number of nitrogens with one attached hydrogen (secondary N) is 2. The van der Waals surface area contributed by atoms with E-state index in [1.807, 2.05) is 20.8 Å². The summed E-state index contributed by atoms with van der Waals surface area (Å²) >= 11 is 0. The molecule has 21 heavy (non-hydrogen) atoms. The number of hydrogen-bond acceptors (Lipinski definition) is 2. The fourth-order valence-electron chi connectivity index (χ4n) is 1.61. The molecule has 4 nitrogen and oxygen atoms in total. The van der Waals surface area contributed by atoms with Gasteiger partial charge in [0.05, 0.1) is 0 Å². The predicted octanol–water partition coefficient (Wildman–Crippen LogP) is 2.38. The van der Waals surface area contributed by atoms with E-state index in [-0.39, 0.29) is 24.2 Å². The summed E-state index contributed by atoms with van der Waals surface area (Å²) in [5.74, 6) is -1.02. The first kappa shape index (κ1) is 17.1. The van der Waals surface area contributed by atoms with Gasteiger partial charge in [0.15, 0.2) is 0 Å². The Morgan fingerprint density at radius 3 is 2.00 bits per heavy atom. The number of hydrogen-bond donors (Lipinski definition) is 2. The van der Waals surface area contributed by atoms with Gasteiger partial charge in [-0.25, -0.2) is 4.39 Å². The Kier molecular flexibility index (Phi) is 5.10. The Morgan fingerprint density at radius 1 is 1.00 bits per heavy atom. The Morgan fingerprint density at radius 2 is 1.52 bits per heavy atom. The molecule has 0 radical (unpaired) electrons. The number of halogens is 1. The quantitative estimate of drug-likeness (QED) is 0.838. The monoisotopic (exact) mass is 294 g/mol. The molecule has 0 spiro atoms. The van der Waals surface area contributed by atoms with Gasteiger partial charge in [-0.05, 0) is 52.3 Å². The van der Waals surface area contributed by atoms with E-state index in [2.05, 4.69) is 10.6 Å². The molecule has 0 saturated carbocycles. The second-order valence-electron chi connectivity index (χ2n) is 6.64. The molecule has 0 unspecified atom stereocenters. The summed E-state index contributed by atoms with van der Waals surface area (Å²) in [5, 5.41) is 5.50. The minimum atomic E-state index is -1.17. The molecule has 0 aromatic heterocycles. The normalized spacial score (nSPS) is 11.9. The lowest BCUT2D eigenvalue weighted by Gasteiger charge is -2.28. The molecule has 0 atom stereocenters. The van der Waals surface area contributed by atoms with Crippen LogP contribution in [-0.2, 0) is 16.1 Å². The standard InChI is InChI=1S/C16H23FN2O2/c1-15(2,3)19-14(21)16(4,5)13(20)18-10-11-6-8-12(17)9-7-11/h6-9H,10H2,1-5H3,(H,18,20)(H,19,21). The lowest BCUT2D eigenvalue weighted by molar-refractivity contribution is -0.142. The van der Waals surface area contributed by atoms with Crippen LogP contribution in [0.25, 0.3) is 0 Å². The Hall–Kier alpha value is -1.91. The zero-order valence-corrected chi connectivity index (χ0v) is 13.2. The molecule has 0 fully saturated rings. The van der Waals surface area contributed by atoms with Gasteiger partial charge in [0.1, 0.15) is 11.2 Å². The Bertz CT molecular complexity index is 516. The first-order chi connectivity index (χ1) is 9.52. The molecule has 0 aliphatic heterocycles. The molecule has 0 saturated heterocycles. The van der Waals surface area contributed by atoms with E-state index in [0.29, 0.717) is 0 Å². The number of carbonyl (C=O) groups excluding carboxylic acids is 2. The molecule has 5 heteroatoms. The van der Waals surface area contributed by atoms with Gasteiger partial charge in [0.25, 0.3) is 0 Å². The summed E-state index contributed by atoms with van der Waals surface area (Å²) in [6, 6.07) is 5.85. The zero-order chi connectivity index (χ0) is 16.3. The van der Waals surface area contributed by atoms with Crippen molar-refractivity contribution in [2.45, 2.75) is 46.7 Å². The summed E-state index contributed by atoms with van der Waals surface area (Å²) in [5.41, 5.74) is -0.796. The average Bonchev–Trinajstić information content (AvgIpc) is 2.35. The highest BCUT2D eigenvalue weighted by atomic mass is 19.1. The van der Waals surface area contributed by atoms with Crippen LogP contribution in [0.1, 0.15) is 40.2 Å². The third kappa shape index (κ3) is 5.17. The van der Waals surface area contributed by atoms with E-state index >= 15 is 0 Å². The third-order valence-corrected chi connectivity index (χ3v) is 2.99. The molecule has 2 amide bonds.